The van der Waals surface area contributed by atoms with E-state index in [0.717, 1.165) is 62.6 Å². The number of aliphatic carboxylic acids is 1. The number of benzene rings is 2. The van der Waals surface area contributed by atoms with Crippen LogP contribution in [0.25, 0.3) is 0 Å². The Balaban J connectivity index is 1.49. The van der Waals surface area contributed by atoms with Gasteiger partial charge < -0.3 is 24.1 Å². The lowest BCUT2D eigenvalue weighted by Gasteiger charge is -2.33. The van der Waals surface area contributed by atoms with Crippen LogP contribution in [0.1, 0.15) is 42.9 Å². The first-order chi connectivity index (χ1) is 17.5. The Labute approximate surface area is 213 Å². The minimum atomic E-state index is -0.802. The van der Waals surface area contributed by atoms with Gasteiger partial charge in [-0.3, -0.25) is 14.6 Å². The first kappa shape index (κ1) is 26.3. The van der Waals surface area contributed by atoms with Gasteiger partial charge in [-0.2, -0.15) is 0 Å². The highest BCUT2D eigenvalue weighted by Crippen LogP contribution is 2.42. The molecule has 1 N–H and O–H groups in total. The maximum atomic E-state index is 12.5. The quantitative estimate of drug-likeness (QED) is 0.501. The Morgan fingerprint density at radius 2 is 1.86 bits per heavy atom. The monoisotopic (exact) mass is 498 g/mol. The molecule has 8 heteroatoms. The molecule has 0 radical (unpaired) electrons. The van der Waals surface area contributed by atoms with Crippen LogP contribution < -0.4 is 14.2 Å². The predicted molar refractivity (Wildman–Crippen MR) is 137 cm³/mol. The number of ether oxygens (including phenoxy) is 4. The molecular formula is C28H38N2O6. The minimum Gasteiger partial charge on any atom is -0.493 e. The Bertz CT molecular complexity index is 1010. The summed E-state index contributed by atoms with van der Waals surface area (Å²) in [6.07, 6.45) is 1.57. The average Bonchev–Trinajstić information content (AvgIpc) is 3.35. The third-order valence-corrected chi connectivity index (χ3v) is 7.34. The summed E-state index contributed by atoms with van der Waals surface area (Å²) >= 11 is 0. The van der Waals surface area contributed by atoms with Crippen molar-refractivity contribution in [1.82, 2.24) is 9.80 Å². The van der Waals surface area contributed by atoms with E-state index in [1.165, 1.54) is 0 Å². The molecule has 2 saturated heterocycles. The fraction of sp³-hybridized carbons (Fsp3) is 0.536. The fourth-order valence-corrected chi connectivity index (χ4v) is 5.50. The Hall–Kier alpha value is -2.81. The topological polar surface area (TPSA) is 80.7 Å². The summed E-state index contributed by atoms with van der Waals surface area (Å²) < 4.78 is 22.3. The van der Waals surface area contributed by atoms with E-state index < -0.39 is 12.0 Å². The molecule has 0 bridgehead atoms. The number of hydrogen-bond donors (Lipinski definition) is 1. The van der Waals surface area contributed by atoms with E-state index in [-0.39, 0.29) is 12.0 Å². The second-order valence-electron chi connectivity index (χ2n) is 9.33. The largest absolute Gasteiger partial charge is 0.493 e. The third kappa shape index (κ3) is 5.94. The van der Waals surface area contributed by atoms with Gasteiger partial charge in [-0.05, 0) is 48.2 Å². The molecule has 3 unspecified atom stereocenters. The highest BCUT2D eigenvalue weighted by atomic mass is 16.5. The van der Waals surface area contributed by atoms with E-state index >= 15 is 0 Å². The van der Waals surface area contributed by atoms with Crippen LogP contribution in [-0.2, 0) is 9.53 Å². The van der Waals surface area contributed by atoms with E-state index in [1.54, 1.807) is 14.2 Å². The lowest BCUT2D eigenvalue weighted by atomic mass is 9.90. The van der Waals surface area contributed by atoms with Crippen LogP contribution >= 0.6 is 0 Å². The molecule has 0 aromatic heterocycles. The van der Waals surface area contributed by atoms with Crippen LogP contribution in [0.15, 0.2) is 42.5 Å². The van der Waals surface area contributed by atoms with Crippen molar-refractivity contribution in [3.8, 4) is 17.2 Å². The van der Waals surface area contributed by atoms with Gasteiger partial charge in [0, 0.05) is 38.1 Å². The zero-order valence-corrected chi connectivity index (χ0v) is 21.5. The summed E-state index contributed by atoms with van der Waals surface area (Å²) in [6, 6.07) is 13.2. The summed E-state index contributed by atoms with van der Waals surface area (Å²) in [7, 11) is 3.20. The van der Waals surface area contributed by atoms with Crippen molar-refractivity contribution in [2.75, 3.05) is 60.2 Å². The van der Waals surface area contributed by atoms with E-state index in [4.69, 9.17) is 18.9 Å². The zero-order chi connectivity index (χ0) is 25.5. The van der Waals surface area contributed by atoms with Crippen molar-refractivity contribution in [1.29, 1.82) is 0 Å². The number of morpholine rings is 1. The fourth-order valence-electron chi connectivity index (χ4n) is 5.50. The molecule has 2 fully saturated rings. The van der Waals surface area contributed by atoms with Gasteiger partial charge in [-0.25, -0.2) is 0 Å². The number of rotatable bonds is 11. The molecule has 196 valence electrons. The third-order valence-electron chi connectivity index (χ3n) is 7.34. The van der Waals surface area contributed by atoms with Crippen LogP contribution in [0.2, 0.25) is 0 Å². The molecule has 2 aromatic rings. The van der Waals surface area contributed by atoms with Gasteiger partial charge in [0.2, 0.25) is 0 Å². The smallest absolute Gasteiger partial charge is 0.321 e. The van der Waals surface area contributed by atoms with Gasteiger partial charge in [0.1, 0.15) is 18.4 Å². The van der Waals surface area contributed by atoms with E-state index in [1.807, 2.05) is 30.3 Å². The number of carboxylic acids is 1. The van der Waals surface area contributed by atoms with E-state index in [2.05, 4.69) is 28.9 Å². The molecule has 0 spiro atoms. The standard InChI is InChI=1S/C28H38N2O6/c1-4-24(21-6-5-7-22(18-21)36-17-14-29-12-15-35-16-13-29)30-11-10-23(27(30)28(31)32)20-8-9-25(33-2)26(19-20)34-3/h5-9,18-19,23-24,27H,4,10-17H2,1-3H3,(H,31,32). The van der Waals surface area contributed by atoms with E-state index in [9.17, 15) is 9.90 Å². The summed E-state index contributed by atoms with van der Waals surface area (Å²) in [6.45, 7) is 7.73. The van der Waals surface area contributed by atoms with Gasteiger partial charge >= 0.3 is 5.97 Å². The SMILES string of the molecule is CCC(c1cccc(OCCN2CCOCC2)c1)N1CCC(c2ccc(OC)c(OC)c2)C1C(=O)O. The predicted octanol–water partition coefficient (Wildman–Crippen LogP) is 3.81. The van der Waals surface area contributed by atoms with Crippen LogP contribution in [0.4, 0.5) is 0 Å². The lowest BCUT2D eigenvalue weighted by molar-refractivity contribution is -0.143. The molecule has 0 aliphatic carbocycles. The Morgan fingerprint density at radius 3 is 2.56 bits per heavy atom. The van der Waals surface area contributed by atoms with Gasteiger partial charge in [-0.1, -0.05) is 25.1 Å². The molecular weight excluding hydrogens is 460 g/mol. The van der Waals surface area contributed by atoms with Crippen LogP contribution in [-0.4, -0.2) is 87.1 Å². The maximum Gasteiger partial charge on any atom is 0.321 e. The van der Waals surface area contributed by atoms with Crippen molar-refractivity contribution >= 4 is 5.97 Å². The number of hydrogen-bond acceptors (Lipinski definition) is 7. The summed E-state index contributed by atoms with van der Waals surface area (Å²) in [5, 5.41) is 10.3. The molecule has 3 atom stereocenters. The molecule has 8 nitrogen and oxygen atoms in total. The Morgan fingerprint density at radius 1 is 1.08 bits per heavy atom. The second kappa shape index (κ2) is 12.4. The normalized spacial score (nSPS) is 21.8. The van der Waals surface area contributed by atoms with Crippen molar-refractivity contribution in [2.45, 2.75) is 37.8 Å². The summed E-state index contributed by atoms with van der Waals surface area (Å²) in [4.78, 5) is 17.0. The highest BCUT2D eigenvalue weighted by molar-refractivity contribution is 5.76. The second-order valence-corrected chi connectivity index (χ2v) is 9.33. The first-order valence-corrected chi connectivity index (χ1v) is 12.8. The first-order valence-electron chi connectivity index (χ1n) is 12.8. The van der Waals surface area contributed by atoms with Crippen molar-refractivity contribution in [3.63, 3.8) is 0 Å². The number of likely N-dealkylation sites (tertiary alicyclic amines) is 1. The minimum absolute atomic E-state index is 0.0148. The molecule has 2 aromatic carbocycles. The molecule has 4 rings (SSSR count). The maximum absolute atomic E-state index is 12.5. The molecule has 0 amide bonds. The number of methoxy groups -OCH3 is 2. The van der Waals surface area contributed by atoms with Crippen LogP contribution in [0.5, 0.6) is 17.2 Å². The molecule has 2 heterocycles. The lowest BCUT2D eigenvalue weighted by Crippen LogP contribution is -2.41. The molecule has 0 saturated carbocycles. The van der Waals surface area contributed by atoms with Crippen molar-refractivity contribution in [3.05, 3.63) is 53.6 Å². The van der Waals surface area contributed by atoms with E-state index in [0.29, 0.717) is 24.7 Å². The summed E-state index contributed by atoms with van der Waals surface area (Å²) in [5.41, 5.74) is 2.04. The molecule has 2 aliphatic rings. The van der Waals surface area contributed by atoms with Crippen molar-refractivity contribution in [2.24, 2.45) is 0 Å². The van der Waals surface area contributed by atoms with Gasteiger partial charge in [-0.15, -0.1) is 0 Å². The Kier molecular flexibility index (Phi) is 9.07. The molecule has 36 heavy (non-hydrogen) atoms. The highest BCUT2D eigenvalue weighted by Gasteiger charge is 2.43. The molecule has 2 aliphatic heterocycles. The number of carbonyl (C=O) groups is 1. The van der Waals surface area contributed by atoms with Crippen LogP contribution in [0, 0.1) is 0 Å². The van der Waals surface area contributed by atoms with Crippen molar-refractivity contribution < 1.29 is 28.8 Å². The zero-order valence-electron chi connectivity index (χ0n) is 21.5. The summed E-state index contributed by atoms with van der Waals surface area (Å²) in [5.74, 6) is 1.14. The number of nitrogens with zero attached hydrogens (tertiary/aromatic N) is 2. The average molecular weight is 499 g/mol. The number of carboxylic acid groups (broad SMARTS) is 1. The van der Waals surface area contributed by atoms with Crippen LogP contribution in [0.3, 0.4) is 0 Å². The van der Waals surface area contributed by atoms with Gasteiger partial charge in [0.25, 0.3) is 0 Å². The van der Waals surface area contributed by atoms with Gasteiger partial charge in [0.05, 0.1) is 27.4 Å². The van der Waals surface area contributed by atoms with Gasteiger partial charge in [0.15, 0.2) is 11.5 Å².